The molecule has 26 heavy (non-hydrogen) atoms. The van der Waals surface area contributed by atoms with Crippen molar-refractivity contribution < 1.29 is 23.1 Å². The van der Waals surface area contributed by atoms with E-state index >= 15 is 0 Å². The van der Waals surface area contributed by atoms with E-state index in [2.05, 4.69) is 10.0 Å². The smallest absolute Gasteiger partial charge is 0.321 e. The minimum Gasteiger partial charge on any atom is -0.481 e. The molecule has 0 aliphatic carbocycles. The van der Waals surface area contributed by atoms with Gasteiger partial charge in [0, 0.05) is 24.8 Å². The predicted molar refractivity (Wildman–Crippen MR) is 97.5 cm³/mol. The Morgan fingerprint density at radius 1 is 1.31 bits per heavy atom. The summed E-state index contributed by atoms with van der Waals surface area (Å²) in [6.07, 6.45) is 1.49. The number of carbonyl (C=O) groups excluding carboxylic acids is 1. The lowest BCUT2D eigenvalue weighted by atomic mass is 9.97. The number of amides is 2. The van der Waals surface area contributed by atoms with Gasteiger partial charge < -0.3 is 15.3 Å². The van der Waals surface area contributed by atoms with Gasteiger partial charge in [-0.3, -0.25) is 4.79 Å². The summed E-state index contributed by atoms with van der Waals surface area (Å²) in [7, 11) is -3.65. The summed E-state index contributed by atoms with van der Waals surface area (Å²) < 4.78 is 27.3. The zero-order chi connectivity index (χ0) is 19.3. The lowest BCUT2D eigenvalue weighted by Gasteiger charge is -2.30. The maximum Gasteiger partial charge on any atom is 0.321 e. The number of hydrogen-bond acceptors (Lipinski definition) is 4. The van der Waals surface area contributed by atoms with Crippen molar-refractivity contribution in [3.63, 3.8) is 0 Å². The SMILES string of the molecule is CCC(C)NS(=O)(=O)c1cccc(NC(=O)N2CCC(C(=O)O)CC2)c1. The molecule has 0 saturated carbocycles. The number of nitrogens with one attached hydrogen (secondary N) is 2. The normalized spacial score (nSPS) is 16.9. The van der Waals surface area contributed by atoms with Crippen molar-refractivity contribution in [2.45, 2.75) is 44.0 Å². The van der Waals surface area contributed by atoms with E-state index in [9.17, 15) is 18.0 Å². The van der Waals surface area contributed by atoms with Crippen LogP contribution < -0.4 is 10.0 Å². The summed E-state index contributed by atoms with van der Waals surface area (Å²) in [4.78, 5) is 24.9. The number of sulfonamides is 1. The van der Waals surface area contributed by atoms with Gasteiger partial charge >= 0.3 is 12.0 Å². The van der Waals surface area contributed by atoms with Gasteiger partial charge in [-0.15, -0.1) is 0 Å². The van der Waals surface area contributed by atoms with Crippen molar-refractivity contribution >= 4 is 27.7 Å². The Bertz CT molecular complexity index is 757. The molecule has 1 unspecified atom stereocenters. The average Bonchev–Trinajstić information content (AvgIpc) is 2.61. The third kappa shape index (κ3) is 5.18. The summed E-state index contributed by atoms with van der Waals surface area (Å²) in [5, 5.41) is 11.7. The van der Waals surface area contributed by atoms with E-state index in [1.165, 1.54) is 17.0 Å². The monoisotopic (exact) mass is 383 g/mol. The maximum absolute atomic E-state index is 12.4. The fourth-order valence-electron chi connectivity index (χ4n) is 2.69. The fraction of sp³-hybridized carbons (Fsp3) is 0.529. The molecule has 1 atom stereocenters. The molecule has 1 heterocycles. The molecule has 1 aliphatic rings. The van der Waals surface area contributed by atoms with Crippen LogP contribution >= 0.6 is 0 Å². The van der Waals surface area contributed by atoms with Crippen LogP contribution in [0.1, 0.15) is 33.1 Å². The van der Waals surface area contributed by atoms with E-state index < -0.39 is 21.9 Å². The number of rotatable bonds is 6. The minimum absolute atomic E-state index is 0.0835. The molecule has 0 radical (unpaired) electrons. The second kappa shape index (κ2) is 8.50. The molecule has 1 fully saturated rings. The highest BCUT2D eigenvalue weighted by Gasteiger charge is 2.27. The molecular weight excluding hydrogens is 358 g/mol. The molecule has 2 rings (SSSR count). The molecule has 1 saturated heterocycles. The van der Waals surface area contributed by atoms with E-state index in [-0.39, 0.29) is 17.0 Å². The molecule has 3 N–H and O–H groups in total. The van der Waals surface area contributed by atoms with Crippen molar-refractivity contribution in [3.05, 3.63) is 24.3 Å². The molecule has 1 aromatic rings. The number of aliphatic carboxylic acids is 1. The van der Waals surface area contributed by atoms with Crippen molar-refractivity contribution in [2.75, 3.05) is 18.4 Å². The number of carbonyl (C=O) groups is 2. The number of hydrogen-bond donors (Lipinski definition) is 3. The summed E-state index contributed by atoms with van der Waals surface area (Å²) in [5.41, 5.74) is 0.377. The standard InChI is InChI=1S/C17H25N3O5S/c1-3-12(2)19-26(24,25)15-6-4-5-14(11-15)18-17(23)20-9-7-13(8-10-20)16(21)22/h4-6,11-13,19H,3,7-10H2,1-2H3,(H,18,23)(H,21,22). The number of piperidine rings is 1. The van der Waals surface area contributed by atoms with Crippen LogP contribution in [-0.4, -0.2) is 49.6 Å². The summed E-state index contributed by atoms with van der Waals surface area (Å²) in [6.45, 7) is 4.38. The van der Waals surface area contributed by atoms with Crippen molar-refractivity contribution in [1.82, 2.24) is 9.62 Å². The van der Waals surface area contributed by atoms with Gasteiger partial charge in [-0.05, 0) is 44.4 Å². The van der Waals surface area contributed by atoms with Crippen LogP contribution in [0.3, 0.4) is 0 Å². The molecule has 0 bridgehead atoms. The zero-order valence-electron chi connectivity index (χ0n) is 14.9. The number of carboxylic acids is 1. The zero-order valence-corrected chi connectivity index (χ0v) is 15.8. The Hall–Kier alpha value is -2.13. The Morgan fingerprint density at radius 2 is 1.96 bits per heavy atom. The molecule has 9 heteroatoms. The Labute approximate surface area is 153 Å². The van der Waals surface area contributed by atoms with E-state index in [4.69, 9.17) is 5.11 Å². The second-order valence-corrected chi connectivity index (χ2v) is 8.20. The summed E-state index contributed by atoms with van der Waals surface area (Å²) in [5.74, 6) is -1.25. The van der Waals surface area contributed by atoms with Gasteiger partial charge in [0.1, 0.15) is 0 Å². The van der Waals surface area contributed by atoms with E-state index in [1.54, 1.807) is 19.1 Å². The lowest BCUT2D eigenvalue weighted by molar-refractivity contribution is -0.143. The van der Waals surface area contributed by atoms with Gasteiger partial charge in [-0.25, -0.2) is 17.9 Å². The first-order chi connectivity index (χ1) is 12.2. The second-order valence-electron chi connectivity index (χ2n) is 6.49. The van der Waals surface area contributed by atoms with Crippen LogP contribution in [0.25, 0.3) is 0 Å². The summed E-state index contributed by atoms with van der Waals surface area (Å²) >= 11 is 0. The van der Waals surface area contributed by atoms with Crippen LogP contribution in [0.15, 0.2) is 29.2 Å². The third-order valence-corrected chi connectivity index (χ3v) is 6.08. The number of carboxylic acid groups (broad SMARTS) is 1. The molecular formula is C17H25N3O5S. The number of nitrogens with zero attached hydrogens (tertiary/aromatic N) is 1. The van der Waals surface area contributed by atoms with Crippen LogP contribution in [0.4, 0.5) is 10.5 Å². The van der Waals surface area contributed by atoms with Gasteiger partial charge in [-0.2, -0.15) is 0 Å². The molecule has 2 amide bonds. The average molecular weight is 383 g/mol. The first-order valence-electron chi connectivity index (χ1n) is 8.64. The molecule has 0 aromatic heterocycles. The molecule has 1 aromatic carbocycles. The molecule has 8 nitrogen and oxygen atoms in total. The Morgan fingerprint density at radius 3 is 2.54 bits per heavy atom. The first-order valence-corrected chi connectivity index (χ1v) is 10.1. The molecule has 0 spiro atoms. The van der Waals surface area contributed by atoms with E-state index in [1.807, 2.05) is 6.92 Å². The Balaban J connectivity index is 2.02. The van der Waals surface area contributed by atoms with Crippen LogP contribution in [-0.2, 0) is 14.8 Å². The highest BCUT2D eigenvalue weighted by molar-refractivity contribution is 7.89. The highest BCUT2D eigenvalue weighted by atomic mass is 32.2. The Kier molecular flexibility index (Phi) is 6.60. The fourth-order valence-corrected chi connectivity index (χ4v) is 4.06. The van der Waals surface area contributed by atoms with Gasteiger partial charge in [0.15, 0.2) is 0 Å². The van der Waals surface area contributed by atoms with Gasteiger partial charge in [0.05, 0.1) is 10.8 Å². The van der Waals surface area contributed by atoms with E-state index in [0.717, 1.165) is 0 Å². The van der Waals surface area contributed by atoms with Gasteiger partial charge in [-0.1, -0.05) is 13.0 Å². The first kappa shape index (κ1) is 20.2. The molecule has 144 valence electrons. The van der Waals surface area contributed by atoms with Crippen LogP contribution in [0.2, 0.25) is 0 Å². The number of likely N-dealkylation sites (tertiary alicyclic amines) is 1. The van der Waals surface area contributed by atoms with Crippen molar-refractivity contribution in [1.29, 1.82) is 0 Å². The third-order valence-electron chi connectivity index (χ3n) is 4.50. The summed E-state index contributed by atoms with van der Waals surface area (Å²) in [6, 6.07) is 5.51. The van der Waals surface area contributed by atoms with Crippen molar-refractivity contribution in [3.8, 4) is 0 Å². The van der Waals surface area contributed by atoms with Crippen molar-refractivity contribution in [2.24, 2.45) is 5.92 Å². The topological polar surface area (TPSA) is 116 Å². The predicted octanol–water partition coefficient (Wildman–Crippen LogP) is 2.09. The quantitative estimate of drug-likeness (QED) is 0.696. The van der Waals surface area contributed by atoms with Gasteiger partial charge in [0.2, 0.25) is 10.0 Å². The van der Waals surface area contributed by atoms with Crippen LogP contribution in [0.5, 0.6) is 0 Å². The number of urea groups is 1. The highest BCUT2D eigenvalue weighted by Crippen LogP contribution is 2.20. The van der Waals surface area contributed by atoms with Gasteiger partial charge in [0.25, 0.3) is 0 Å². The minimum atomic E-state index is -3.65. The maximum atomic E-state index is 12.4. The van der Waals surface area contributed by atoms with Crippen LogP contribution in [0, 0.1) is 5.92 Å². The lowest BCUT2D eigenvalue weighted by Crippen LogP contribution is -2.42. The number of benzene rings is 1. The number of anilines is 1. The molecule has 1 aliphatic heterocycles. The largest absolute Gasteiger partial charge is 0.481 e. The van der Waals surface area contributed by atoms with E-state index in [0.29, 0.717) is 38.0 Å².